The summed E-state index contributed by atoms with van der Waals surface area (Å²) in [5.41, 5.74) is 21.1. The molecule has 4 aliphatic rings. The number of hydrogen-bond donors (Lipinski definition) is 4. The van der Waals surface area contributed by atoms with E-state index in [4.69, 9.17) is 35.9 Å². The van der Waals surface area contributed by atoms with Gasteiger partial charge in [0.2, 0.25) is 0 Å². The van der Waals surface area contributed by atoms with E-state index < -0.39 is 0 Å². The lowest BCUT2D eigenvalue weighted by Gasteiger charge is -2.57. The Morgan fingerprint density at radius 2 is 1.62 bits per heavy atom. The first kappa shape index (κ1) is 20.7. The summed E-state index contributed by atoms with van der Waals surface area (Å²) in [7, 11) is 0. The molecule has 8 heteroatoms. The Labute approximate surface area is 184 Å². The fraction of sp³-hybridized carbons (Fsp3) is 0.714. The highest BCUT2D eigenvalue weighted by atomic mass is 32.1. The van der Waals surface area contributed by atoms with E-state index in [0.717, 1.165) is 43.2 Å². The van der Waals surface area contributed by atoms with Gasteiger partial charge in [-0.2, -0.15) is 10.2 Å². The highest BCUT2D eigenvalue weighted by Crippen LogP contribution is 2.64. The van der Waals surface area contributed by atoms with Crippen molar-refractivity contribution in [2.75, 3.05) is 0 Å². The predicted molar refractivity (Wildman–Crippen MR) is 126 cm³/mol. The van der Waals surface area contributed by atoms with E-state index >= 15 is 0 Å². The fourth-order valence-corrected chi connectivity index (χ4v) is 6.97. The summed E-state index contributed by atoms with van der Waals surface area (Å²) in [6.45, 7) is 4.91. The lowest BCUT2D eigenvalue weighted by molar-refractivity contribution is -0.0155. The molecule has 0 heterocycles. The van der Waals surface area contributed by atoms with Crippen LogP contribution in [0.1, 0.15) is 65.2 Å². The standard InChI is InChI=1S/C21H32N6S2/c1-20-9-7-13(24-26-18(22)28)11-12(20)3-4-14-15-5-6-17(25-27-19(23)29)21(15,2)10-8-16(14)20/h11,14-16H,3-10H2,1-2H3,(H3,22,26,28)(H3,23,27,29)/t14-,15-,16-,20-,21-/m0/s1. The number of hydrogen-bond acceptors (Lipinski definition) is 4. The van der Waals surface area contributed by atoms with Crippen molar-refractivity contribution >= 4 is 46.1 Å². The molecule has 4 aliphatic carbocycles. The Morgan fingerprint density at radius 1 is 0.931 bits per heavy atom. The molecule has 0 aromatic rings. The molecule has 29 heavy (non-hydrogen) atoms. The molecule has 0 aromatic carbocycles. The third-order valence-corrected chi connectivity index (χ3v) is 8.51. The molecule has 5 atom stereocenters. The minimum Gasteiger partial charge on any atom is -0.375 e. The van der Waals surface area contributed by atoms with Crippen LogP contribution >= 0.6 is 24.4 Å². The molecule has 0 aliphatic heterocycles. The third-order valence-electron chi connectivity index (χ3n) is 8.33. The van der Waals surface area contributed by atoms with Gasteiger partial charge in [0, 0.05) is 11.1 Å². The van der Waals surface area contributed by atoms with Crippen molar-refractivity contribution in [3.05, 3.63) is 11.6 Å². The maximum absolute atomic E-state index is 5.61. The van der Waals surface area contributed by atoms with Crippen LogP contribution in [0.3, 0.4) is 0 Å². The number of thiocarbonyl (C=S) groups is 2. The lowest BCUT2D eigenvalue weighted by Crippen LogP contribution is -2.50. The second-order valence-corrected chi connectivity index (χ2v) is 10.5. The topological polar surface area (TPSA) is 101 Å². The SMILES string of the molecule is C[C@]12CCC(=NNC(N)=S)C=C1CC[C@@H]1[C@@H]2CC[C@]2(C)C(=NNC(N)=S)CC[C@@H]12. The molecule has 4 rings (SSSR count). The third kappa shape index (κ3) is 3.58. The monoisotopic (exact) mass is 432 g/mol. The molecule has 0 aromatic heterocycles. The molecule has 3 fully saturated rings. The van der Waals surface area contributed by atoms with Crippen molar-refractivity contribution in [3.63, 3.8) is 0 Å². The minimum absolute atomic E-state index is 0.179. The van der Waals surface area contributed by atoms with E-state index in [-0.39, 0.29) is 21.1 Å². The van der Waals surface area contributed by atoms with E-state index in [1.165, 1.54) is 31.4 Å². The van der Waals surface area contributed by atoms with Gasteiger partial charge in [-0.25, -0.2) is 0 Å². The van der Waals surface area contributed by atoms with Crippen LogP contribution in [0.15, 0.2) is 21.9 Å². The molecule has 0 radical (unpaired) electrons. The first-order chi connectivity index (χ1) is 13.7. The highest BCUT2D eigenvalue weighted by molar-refractivity contribution is 7.80. The van der Waals surface area contributed by atoms with Crippen molar-refractivity contribution in [2.45, 2.75) is 65.2 Å². The fourth-order valence-electron chi connectivity index (χ4n) is 6.88. The van der Waals surface area contributed by atoms with Crippen LogP contribution in [0.5, 0.6) is 0 Å². The number of rotatable bonds is 2. The Balaban J connectivity index is 1.57. The lowest BCUT2D eigenvalue weighted by atomic mass is 9.47. The van der Waals surface area contributed by atoms with Crippen molar-refractivity contribution in [3.8, 4) is 0 Å². The van der Waals surface area contributed by atoms with Crippen molar-refractivity contribution < 1.29 is 0 Å². The van der Waals surface area contributed by atoms with Gasteiger partial charge in [0.15, 0.2) is 10.2 Å². The van der Waals surface area contributed by atoms with E-state index in [1.807, 2.05) is 0 Å². The number of fused-ring (bicyclic) bond motifs is 5. The van der Waals surface area contributed by atoms with E-state index in [1.54, 1.807) is 5.57 Å². The maximum atomic E-state index is 5.61. The number of allylic oxidation sites excluding steroid dienone is 2. The van der Waals surface area contributed by atoms with Gasteiger partial charge in [-0.15, -0.1) is 0 Å². The van der Waals surface area contributed by atoms with Crippen LogP contribution in [0, 0.1) is 28.6 Å². The summed E-state index contributed by atoms with van der Waals surface area (Å²) in [6, 6.07) is 0. The Hall–Kier alpha value is -1.54. The largest absolute Gasteiger partial charge is 0.375 e. The average Bonchev–Trinajstić information content (AvgIpc) is 3.01. The molecule has 158 valence electrons. The van der Waals surface area contributed by atoms with E-state index in [2.05, 4.69) is 41.0 Å². The second kappa shape index (κ2) is 7.61. The molecule has 3 saturated carbocycles. The summed E-state index contributed by atoms with van der Waals surface area (Å²) in [4.78, 5) is 0. The van der Waals surface area contributed by atoms with Crippen molar-refractivity contribution in [1.29, 1.82) is 0 Å². The number of nitrogens with two attached hydrogens (primary N) is 2. The smallest absolute Gasteiger partial charge is 0.184 e. The quantitative estimate of drug-likeness (QED) is 0.394. The summed E-state index contributed by atoms with van der Waals surface area (Å²) in [5, 5.41) is 9.48. The molecular weight excluding hydrogens is 400 g/mol. The summed E-state index contributed by atoms with van der Waals surface area (Å²) in [6.07, 6.45) is 11.6. The number of nitrogens with one attached hydrogen (secondary N) is 2. The molecule has 0 amide bonds. The molecule has 6 N–H and O–H groups in total. The zero-order valence-electron chi connectivity index (χ0n) is 17.3. The van der Waals surface area contributed by atoms with Gasteiger partial charge in [-0.3, -0.25) is 10.9 Å². The summed E-state index contributed by atoms with van der Waals surface area (Å²) < 4.78 is 0. The van der Waals surface area contributed by atoms with Gasteiger partial charge in [0.1, 0.15) is 0 Å². The molecule has 0 unspecified atom stereocenters. The van der Waals surface area contributed by atoms with Gasteiger partial charge in [0.25, 0.3) is 0 Å². The predicted octanol–water partition coefficient (Wildman–Crippen LogP) is 3.33. The van der Waals surface area contributed by atoms with E-state index in [0.29, 0.717) is 5.92 Å². The van der Waals surface area contributed by atoms with Crippen LogP contribution in [-0.2, 0) is 0 Å². The number of nitrogens with zero attached hydrogens (tertiary/aromatic N) is 2. The van der Waals surface area contributed by atoms with E-state index in [9.17, 15) is 0 Å². The average molecular weight is 433 g/mol. The number of hydrazone groups is 2. The minimum atomic E-state index is 0.179. The second-order valence-electron chi connectivity index (χ2n) is 9.61. The van der Waals surface area contributed by atoms with Gasteiger partial charge in [0.05, 0.1) is 5.71 Å². The highest BCUT2D eigenvalue weighted by Gasteiger charge is 2.58. The Morgan fingerprint density at radius 3 is 2.34 bits per heavy atom. The van der Waals surface area contributed by atoms with Crippen molar-refractivity contribution in [1.82, 2.24) is 10.9 Å². The van der Waals surface area contributed by atoms with Crippen LogP contribution in [-0.4, -0.2) is 21.6 Å². The Kier molecular flexibility index (Phi) is 5.44. The molecule has 6 nitrogen and oxygen atoms in total. The summed E-state index contributed by atoms with van der Waals surface area (Å²) in [5.74, 6) is 2.22. The van der Waals surface area contributed by atoms with Crippen LogP contribution in [0.25, 0.3) is 0 Å². The summed E-state index contributed by atoms with van der Waals surface area (Å²) >= 11 is 9.84. The Bertz CT molecular complexity index is 818. The molecule has 0 saturated heterocycles. The van der Waals surface area contributed by atoms with Crippen LogP contribution < -0.4 is 22.3 Å². The first-order valence-electron chi connectivity index (χ1n) is 10.7. The normalized spacial score (nSPS) is 41.2. The molecular formula is C21H32N6S2. The van der Waals surface area contributed by atoms with Gasteiger partial charge in [-0.1, -0.05) is 19.4 Å². The molecule has 0 bridgehead atoms. The zero-order chi connectivity index (χ0) is 20.8. The van der Waals surface area contributed by atoms with Crippen LogP contribution in [0.4, 0.5) is 0 Å². The van der Waals surface area contributed by atoms with Crippen LogP contribution in [0.2, 0.25) is 0 Å². The first-order valence-corrected chi connectivity index (χ1v) is 11.5. The van der Waals surface area contributed by atoms with Gasteiger partial charge in [-0.05, 0) is 105 Å². The van der Waals surface area contributed by atoms with Gasteiger partial charge < -0.3 is 11.5 Å². The molecule has 0 spiro atoms. The van der Waals surface area contributed by atoms with Crippen molar-refractivity contribution in [2.24, 2.45) is 50.3 Å². The maximum Gasteiger partial charge on any atom is 0.184 e. The zero-order valence-corrected chi connectivity index (χ0v) is 19.0. The van der Waals surface area contributed by atoms with Gasteiger partial charge >= 0.3 is 0 Å².